The molecule has 0 N–H and O–H groups in total. The van der Waals surface area contributed by atoms with Crippen LogP contribution in [0.25, 0.3) is 0 Å². The Labute approximate surface area is 133 Å². The van der Waals surface area contributed by atoms with Gasteiger partial charge >= 0.3 is 0 Å². The van der Waals surface area contributed by atoms with E-state index in [1.165, 1.54) is 57.8 Å². The van der Waals surface area contributed by atoms with E-state index < -0.39 is 0 Å². The van der Waals surface area contributed by atoms with E-state index in [0.717, 1.165) is 0 Å². The smallest absolute Gasteiger partial charge is 0.0276 e. The minimum atomic E-state index is 1.21. The highest BCUT2D eigenvalue weighted by atomic mass is 14.2. The Balaban J connectivity index is 3.67. The Morgan fingerprint density at radius 2 is 0.619 bits per heavy atom. The number of benzene rings is 1. The first-order chi connectivity index (χ1) is 10.2. The van der Waals surface area contributed by atoms with Crippen LogP contribution in [0, 0.1) is 0 Å². The molecule has 1 rings (SSSR count). The van der Waals surface area contributed by atoms with Crippen LogP contribution in [0.5, 0.6) is 0 Å². The average molecular weight is 289 g/mol. The van der Waals surface area contributed by atoms with Gasteiger partial charge in [0.25, 0.3) is 0 Å². The Morgan fingerprint density at radius 1 is 0.381 bits per heavy atom. The molecule has 0 aliphatic heterocycles. The van der Waals surface area contributed by atoms with Crippen LogP contribution in [0.3, 0.4) is 0 Å². The van der Waals surface area contributed by atoms with Crippen LogP contribution in [-0.4, -0.2) is 0 Å². The molecule has 1 aromatic rings. The molecule has 0 unspecified atom stereocenters. The van der Waals surface area contributed by atoms with Gasteiger partial charge in [-0.3, -0.25) is 0 Å². The fourth-order valence-corrected chi connectivity index (χ4v) is 4.03. The molecule has 0 aromatic heterocycles. The summed E-state index contributed by atoms with van der Waals surface area (Å²) in [4.78, 5) is 0. The van der Waals surface area contributed by atoms with Crippen molar-refractivity contribution in [2.45, 2.75) is 99.3 Å². The highest BCUT2D eigenvalue weighted by Gasteiger charge is 2.19. The Hall–Kier alpha value is -0.780. The predicted octanol–water partition coefficient (Wildman–Crippen LogP) is 6.23. The molecule has 0 heteroatoms. The third-order valence-corrected chi connectivity index (χ3v) is 4.75. The largest absolute Gasteiger partial charge is 0.0651 e. The van der Waals surface area contributed by atoms with Crippen molar-refractivity contribution in [3.8, 4) is 0 Å². The molecule has 0 aliphatic carbocycles. The van der Waals surface area contributed by atoms with Crippen molar-refractivity contribution in [3.05, 3.63) is 33.4 Å². The van der Waals surface area contributed by atoms with Gasteiger partial charge in [-0.25, -0.2) is 0 Å². The summed E-state index contributed by atoms with van der Waals surface area (Å²) in [7, 11) is 0. The quantitative estimate of drug-likeness (QED) is 0.505. The maximum atomic E-state index is 2.35. The number of hydrogen-bond acceptors (Lipinski definition) is 0. The molecule has 0 radical (unpaired) electrons. The van der Waals surface area contributed by atoms with E-state index in [1.54, 1.807) is 33.4 Å². The summed E-state index contributed by atoms with van der Waals surface area (Å²) in [5.41, 5.74) is 10.2. The molecule has 120 valence electrons. The maximum Gasteiger partial charge on any atom is -0.0276 e. The van der Waals surface area contributed by atoms with Gasteiger partial charge in [0.15, 0.2) is 0 Å². The normalized spacial score (nSPS) is 11.1. The highest BCUT2D eigenvalue weighted by Crippen LogP contribution is 2.33. The zero-order valence-electron chi connectivity index (χ0n) is 15.4. The van der Waals surface area contributed by atoms with Gasteiger partial charge in [0, 0.05) is 0 Å². The molecule has 0 aliphatic rings. The molecule has 0 fully saturated rings. The van der Waals surface area contributed by atoms with Crippen LogP contribution in [0.2, 0.25) is 0 Å². The summed E-state index contributed by atoms with van der Waals surface area (Å²) in [6.07, 6.45) is 11.2. The van der Waals surface area contributed by atoms with E-state index in [1.807, 2.05) is 0 Å². The third-order valence-electron chi connectivity index (χ3n) is 4.75. The van der Waals surface area contributed by atoms with Crippen LogP contribution >= 0.6 is 0 Å². The van der Waals surface area contributed by atoms with Gasteiger partial charge in [0.2, 0.25) is 0 Å². The van der Waals surface area contributed by atoms with Crippen LogP contribution in [0.4, 0.5) is 0 Å². The van der Waals surface area contributed by atoms with Crippen molar-refractivity contribution in [2.24, 2.45) is 0 Å². The topological polar surface area (TPSA) is 0 Å². The summed E-state index contributed by atoms with van der Waals surface area (Å²) < 4.78 is 0. The zero-order valence-corrected chi connectivity index (χ0v) is 15.4. The van der Waals surface area contributed by atoms with Crippen LogP contribution in [-0.2, 0) is 38.5 Å². The van der Waals surface area contributed by atoms with Crippen molar-refractivity contribution < 1.29 is 0 Å². The molecule has 0 saturated carbocycles. The number of hydrogen-bond donors (Lipinski definition) is 0. The molecule has 0 heterocycles. The molecule has 0 bridgehead atoms. The van der Waals surface area contributed by atoms with Crippen molar-refractivity contribution >= 4 is 0 Å². The molecule has 0 amide bonds. The van der Waals surface area contributed by atoms with Crippen molar-refractivity contribution in [3.63, 3.8) is 0 Å². The van der Waals surface area contributed by atoms with E-state index in [4.69, 9.17) is 0 Å². The monoisotopic (exact) mass is 288 g/mol. The van der Waals surface area contributed by atoms with Crippen LogP contribution in [0.1, 0.15) is 94.2 Å². The van der Waals surface area contributed by atoms with Gasteiger partial charge in [0.1, 0.15) is 0 Å². The second-order valence-electron chi connectivity index (χ2n) is 6.18. The third kappa shape index (κ3) is 3.90. The number of rotatable bonds is 9. The van der Waals surface area contributed by atoms with E-state index in [-0.39, 0.29) is 0 Å². The van der Waals surface area contributed by atoms with E-state index >= 15 is 0 Å². The SMILES string of the molecule is CCCc1c(CC)c(CCC)c(CC)c(CCC)c1CC. The summed E-state index contributed by atoms with van der Waals surface area (Å²) in [6, 6.07) is 0. The fraction of sp³-hybridized carbons (Fsp3) is 0.714. The molecule has 0 spiro atoms. The maximum absolute atomic E-state index is 2.35. The van der Waals surface area contributed by atoms with Crippen molar-refractivity contribution in [1.29, 1.82) is 0 Å². The second-order valence-corrected chi connectivity index (χ2v) is 6.18. The van der Waals surface area contributed by atoms with Crippen molar-refractivity contribution in [2.75, 3.05) is 0 Å². The summed E-state index contributed by atoms with van der Waals surface area (Å²) in [5.74, 6) is 0. The van der Waals surface area contributed by atoms with Crippen molar-refractivity contribution in [1.82, 2.24) is 0 Å². The first-order valence-electron chi connectivity index (χ1n) is 9.36. The first kappa shape index (κ1) is 18.3. The minimum Gasteiger partial charge on any atom is -0.0651 e. The Kier molecular flexibility index (Phi) is 8.07. The highest BCUT2D eigenvalue weighted by molar-refractivity contribution is 5.52. The molecule has 21 heavy (non-hydrogen) atoms. The summed E-state index contributed by atoms with van der Waals surface area (Å²) in [5, 5.41) is 0. The Bertz CT molecular complexity index is 352. The zero-order chi connectivity index (χ0) is 15.8. The lowest BCUT2D eigenvalue weighted by Crippen LogP contribution is -2.13. The molecule has 0 saturated heterocycles. The second kappa shape index (κ2) is 9.28. The van der Waals surface area contributed by atoms with Gasteiger partial charge < -0.3 is 0 Å². The van der Waals surface area contributed by atoms with E-state index in [9.17, 15) is 0 Å². The Morgan fingerprint density at radius 3 is 0.762 bits per heavy atom. The lowest BCUT2D eigenvalue weighted by atomic mass is 9.79. The summed E-state index contributed by atoms with van der Waals surface area (Å²) >= 11 is 0. The molecule has 1 aromatic carbocycles. The standard InChI is InChI=1S/C21H36/c1-7-13-19-16(10-4)20(14-8-2)18(12-6)21(15-9-3)17(19)11-5/h7-15H2,1-6H3. The van der Waals surface area contributed by atoms with E-state index in [2.05, 4.69) is 41.5 Å². The van der Waals surface area contributed by atoms with Gasteiger partial charge in [-0.2, -0.15) is 0 Å². The molecular weight excluding hydrogens is 252 g/mol. The minimum absolute atomic E-state index is 1.21. The van der Waals surface area contributed by atoms with E-state index in [0.29, 0.717) is 0 Å². The van der Waals surface area contributed by atoms with Gasteiger partial charge in [-0.1, -0.05) is 60.8 Å². The van der Waals surface area contributed by atoms with Crippen LogP contribution in [0.15, 0.2) is 0 Å². The first-order valence-corrected chi connectivity index (χ1v) is 9.36. The lowest BCUT2D eigenvalue weighted by molar-refractivity contribution is 0.795. The lowest BCUT2D eigenvalue weighted by Gasteiger charge is -2.26. The molecular formula is C21H36. The van der Waals surface area contributed by atoms with Gasteiger partial charge in [-0.15, -0.1) is 0 Å². The fourth-order valence-electron chi connectivity index (χ4n) is 4.03. The van der Waals surface area contributed by atoms with Gasteiger partial charge in [-0.05, 0) is 71.9 Å². The van der Waals surface area contributed by atoms with Crippen LogP contribution < -0.4 is 0 Å². The molecule has 0 atom stereocenters. The molecule has 0 nitrogen and oxygen atoms in total. The average Bonchev–Trinajstić information content (AvgIpc) is 2.49. The van der Waals surface area contributed by atoms with Gasteiger partial charge in [0.05, 0.1) is 0 Å². The predicted molar refractivity (Wildman–Crippen MR) is 96.6 cm³/mol. The summed E-state index contributed by atoms with van der Waals surface area (Å²) in [6.45, 7) is 14.0.